The van der Waals surface area contributed by atoms with Gasteiger partial charge in [-0.1, -0.05) is 61.5 Å². The zero-order valence-corrected chi connectivity index (χ0v) is 73.0. The van der Waals surface area contributed by atoms with Gasteiger partial charge in [-0.15, -0.1) is 5.10 Å². The monoisotopic (exact) mass is 1800 g/mol. The average Bonchev–Trinajstić information content (AvgIpc) is 1.65. The van der Waals surface area contributed by atoms with Crippen LogP contribution >= 0.6 is 22.1 Å². The number of unbranched alkanes of at least 4 members (excludes halogenated alkanes) is 1. The third kappa shape index (κ3) is 37.6. The van der Waals surface area contributed by atoms with Crippen LogP contribution in [0, 0.1) is 11.3 Å². The Labute approximate surface area is 718 Å². The molecule has 6 rings (SSSR count). The number of nitrogens with zero attached hydrogens (tertiary/aromatic N) is 8. The molecule has 0 aliphatic carbocycles. The summed E-state index contributed by atoms with van der Waals surface area (Å²) in [6, 6.07) is 2.48. The zero-order chi connectivity index (χ0) is 91.4. The lowest BCUT2D eigenvalue weighted by molar-refractivity contribution is -0.148. The highest BCUT2D eigenvalue weighted by atomic mass is 31.2. The number of benzene rings is 2. The number of carbonyl (C=O) groups excluding carboxylic acids is 11. The number of carbonyl (C=O) groups is 14. The van der Waals surface area contributed by atoms with Crippen molar-refractivity contribution in [1.29, 1.82) is 5.41 Å². The van der Waals surface area contributed by atoms with Gasteiger partial charge in [0.1, 0.15) is 54.1 Å². The van der Waals surface area contributed by atoms with E-state index in [0.29, 0.717) is 29.7 Å². The number of nitrogens with one attached hydrogen (secondary N) is 11. The molecule has 11 amide bonds. The summed E-state index contributed by atoms with van der Waals surface area (Å²) in [5.74, 6) is -14.0. The SMILES string of the molecule is CC(C)C[C@@H]1NC(=O)[C@H](CC(=O)O)NC(=O)CNC(=O)[C@H](CCCNC(=N)N)NC(=O)[C@H](Cc2ccc(O)cc2)NC(=O)[C@H](CCCCNC(=O)CCc2cn(CCCNC(=O)CCP(=O)(O)CN3CCN(CP(=O)(O)CCC(=O)O)CCN(CP(=O)(O)CCC(=O)O)CC3)nn2)N(C)C(=O)[C@H]2CCCN2C(=O)[C@H](Cc2ccccc2)NC(=O)[C@H](C)NC1=O. The average molecular weight is 1800 g/mol. The highest BCUT2D eigenvalue weighted by Crippen LogP contribution is 2.45. The van der Waals surface area contributed by atoms with Crippen LogP contribution in [0.3, 0.4) is 0 Å². The number of rotatable bonds is 39. The van der Waals surface area contributed by atoms with Crippen molar-refractivity contribution in [1.82, 2.24) is 92.7 Å². The van der Waals surface area contributed by atoms with Crippen molar-refractivity contribution < 1.29 is 116 Å². The number of guanidine groups is 1. The van der Waals surface area contributed by atoms with Crippen LogP contribution in [0.5, 0.6) is 5.75 Å². The molecule has 688 valence electrons. The maximum atomic E-state index is 15.3. The van der Waals surface area contributed by atoms with E-state index in [2.05, 4.69) is 63.5 Å². The molecule has 3 aliphatic heterocycles. The molecule has 4 heterocycles. The van der Waals surface area contributed by atoms with Gasteiger partial charge < -0.3 is 104 Å². The van der Waals surface area contributed by atoms with E-state index in [4.69, 9.17) is 21.4 Å². The minimum atomic E-state index is -4.07. The first-order chi connectivity index (χ1) is 58.5. The number of aromatic nitrogens is 3. The molecule has 3 saturated heterocycles. The second kappa shape index (κ2) is 50.6. The lowest BCUT2D eigenvalue weighted by Crippen LogP contribution is -2.60. The Morgan fingerprint density at radius 3 is 1.65 bits per heavy atom. The summed E-state index contributed by atoms with van der Waals surface area (Å²) >= 11 is 0. The van der Waals surface area contributed by atoms with Crippen LogP contribution in [-0.2, 0) is 107 Å². The van der Waals surface area contributed by atoms with Crippen LogP contribution in [0.1, 0.15) is 127 Å². The number of phenolic OH excluding ortho intramolecular Hbond substituents is 1. The number of nitrogens with two attached hydrogens (primary N) is 1. The van der Waals surface area contributed by atoms with Gasteiger partial charge in [-0.05, 0) is 93.9 Å². The molecule has 3 fully saturated rings. The summed E-state index contributed by atoms with van der Waals surface area (Å²) in [5, 5.41) is 80.3. The quantitative estimate of drug-likeness (QED) is 0.0125. The molecular weight excluding hydrogens is 1680 g/mol. The second-order valence-electron chi connectivity index (χ2n) is 31.8. The van der Waals surface area contributed by atoms with E-state index >= 15 is 14.4 Å². The number of likely N-dealkylation sites (N-methyl/N-ethyl adjacent to an activating group) is 1. The molecule has 47 heteroatoms. The van der Waals surface area contributed by atoms with E-state index in [1.165, 1.54) is 47.8 Å². The first-order valence-electron chi connectivity index (χ1n) is 41.3. The Morgan fingerprint density at radius 1 is 0.565 bits per heavy atom. The highest BCUT2D eigenvalue weighted by Gasteiger charge is 2.43. The predicted octanol–water partition coefficient (Wildman–Crippen LogP) is -2.20. The van der Waals surface area contributed by atoms with Crippen LogP contribution in [0.25, 0.3) is 0 Å². The topological polar surface area (TPSA) is 649 Å². The van der Waals surface area contributed by atoms with Crippen molar-refractivity contribution in [2.75, 3.05) is 116 Å². The molecule has 3 aliphatic rings. The summed E-state index contributed by atoms with van der Waals surface area (Å²) in [6.45, 7) is 5.01. The zero-order valence-electron chi connectivity index (χ0n) is 70.3. The van der Waals surface area contributed by atoms with Crippen molar-refractivity contribution in [3.63, 3.8) is 0 Å². The Bertz CT molecular complexity index is 4270. The van der Waals surface area contributed by atoms with Gasteiger partial charge in [0.15, 0.2) is 5.96 Å². The Balaban J connectivity index is 1.14. The molecule has 3 aromatic rings. The fourth-order valence-electron chi connectivity index (χ4n) is 14.1. The lowest BCUT2D eigenvalue weighted by Gasteiger charge is -2.35. The number of hydrogen-bond donors (Lipinski definition) is 19. The molecule has 0 bridgehead atoms. The summed E-state index contributed by atoms with van der Waals surface area (Å²) in [6.07, 6.45) is -2.94. The molecule has 44 nitrogen and oxygen atoms in total. The summed E-state index contributed by atoms with van der Waals surface area (Å²) in [7, 11) is -10.7. The number of hydrogen-bond acceptors (Lipinski definition) is 24. The molecule has 3 unspecified atom stereocenters. The van der Waals surface area contributed by atoms with Gasteiger partial charge in [0, 0.05) is 136 Å². The normalized spacial score (nSPS) is 22.4. The number of phenols is 1. The fourth-order valence-corrected chi connectivity index (χ4v) is 18.9. The van der Waals surface area contributed by atoms with E-state index in [-0.39, 0.29) is 167 Å². The minimum absolute atomic E-state index is 0.0122. The first kappa shape index (κ1) is 102. The van der Waals surface area contributed by atoms with Gasteiger partial charge in [0.05, 0.1) is 50.4 Å². The molecule has 0 spiro atoms. The fraction of sp³-hybridized carbons (Fsp3) is 0.623. The van der Waals surface area contributed by atoms with Crippen LogP contribution < -0.4 is 58.9 Å². The number of amides is 11. The largest absolute Gasteiger partial charge is 0.508 e. The van der Waals surface area contributed by atoms with Crippen molar-refractivity contribution in [3.8, 4) is 5.75 Å². The van der Waals surface area contributed by atoms with Gasteiger partial charge in [-0.2, -0.15) is 0 Å². The Hall–Kier alpha value is -10.3. The number of aryl methyl sites for hydroxylation is 2. The van der Waals surface area contributed by atoms with E-state index < -0.39 is 217 Å². The van der Waals surface area contributed by atoms with Gasteiger partial charge in [0.2, 0.25) is 87.1 Å². The highest BCUT2D eigenvalue weighted by molar-refractivity contribution is 7.58. The maximum Gasteiger partial charge on any atom is 0.305 e. The maximum absolute atomic E-state index is 15.3. The van der Waals surface area contributed by atoms with Crippen molar-refractivity contribution in [2.45, 2.75) is 185 Å². The molecule has 0 saturated carbocycles. The molecule has 20 N–H and O–H groups in total. The van der Waals surface area contributed by atoms with Crippen molar-refractivity contribution >= 4 is 111 Å². The lowest BCUT2D eigenvalue weighted by atomic mass is 10.0. The molecule has 0 radical (unpaired) electrons. The number of fused-ring (bicyclic) bond motifs is 1. The summed E-state index contributed by atoms with van der Waals surface area (Å²) in [4.78, 5) is 231. The minimum Gasteiger partial charge on any atom is -0.508 e. The molecular formula is C77H121N20O24P3. The Morgan fingerprint density at radius 2 is 1.08 bits per heavy atom. The van der Waals surface area contributed by atoms with Crippen molar-refractivity contribution in [2.24, 2.45) is 11.7 Å². The van der Waals surface area contributed by atoms with E-state index in [0.717, 1.165) is 4.90 Å². The molecule has 124 heavy (non-hydrogen) atoms. The van der Waals surface area contributed by atoms with E-state index in [1.807, 2.05) is 0 Å². The Kier molecular flexibility index (Phi) is 41.8. The molecule has 11 atom stereocenters. The number of carboxylic acid groups (broad SMARTS) is 3. The van der Waals surface area contributed by atoms with Crippen LogP contribution in [0.4, 0.5) is 0 Å². The van der Waals surface area contributed by atoms with Gasteiger partial charge in [-0.25, -0.2) is 0 Å². The van der Waals surface area contributed by atoms with Crippen molar-refractivity contribution in [3.05, 3.63) is 77.6 Å². The van der Waals surface area contributed by atoms with E-state index in [9.17, 15) is 91.3 Å². The first-order valence-corrected chi connectivity index (χ1v) is 47.4. The van der Waals surface area contributed by atoms with Gasteiger partial charge in [-0.3, -0.25) is 106 Å². The van der Waals surface area contributed by atoms with Crippen LogP contribution in [0.2, 0.25) is 0 Å². The predicted molar refractivity (Wildman–Crippen MR) is 450 cm³/mol. The second-order valence-corrected chi connectivity index (χ2v) is 39.1. The molecule has 1 aromatic heterocycles. The third-order valence-corrected chi connectivity index (χ3v) is 26.1. The summed E-state index contributed by atoms with van der Waals surface area (Å²) in [5.41, 5.74) is 6.96. The standard InChI is InChI=1S/C77H121N20O24P3/c1-50(2)41-57-71(110)84-51(3)69(108)89-60(43-52-13-6-5-7-14-52)75(114)97-31-11-17-62(97)76(115)92(4)61(74(113)88-58(42-53-18-21-55(98)22-19-53)72(111)86-56(15-10-28-82-77(78)79)70(109)83-45-65(101)85-59(44-68(106)107)73(112)87-57)16-8-9-27-80-63(99)23-20-54-46-96(91-90-54)30-12-29-81-64(100)24-38-122(116,117)47-93-32-34-94(48-123(118,119)39-25-66(102)103)36-37-95(35-33-93)49-124(120,121)40-26-67(104)105/h5-7,13-14,18-19,21-22,46,50-51,56-62,98H,8-12,15-17,20,23-45,47-49H2,1-4H3,(H,80,99)(H,81,100)(H,83,109)(H,84,110)(H,85,101)(H,86,111)(H,87,112)(H,88,113)(H,89,108)(H,102,103)(H,104,105)(H,106,107)(H,116,117)(H,118,119)(H,120,121)(H4,78,79,82)/t51-,56-,57-,58-,59-,60-,61-,62+/m0/s1. The number of aliphatic carboxylic acids is 3. The smallest absolute Gasteiger partial charge is 0.305 e. The van der Waals surface area contributed by atoms with Gasteiger partial charge in [0.25, 0.3) is 0 Å². The van der Waals surface area contributed by atoms with E-state index in [1.54, 1.807) is 65.1 Å². The number of aromatic hydroxyl groups is 1. The molecule has 2 aromatic carbocycles. The van der Waals surface area contributed by atoms with Crippen LogP contribution in [-0.4, -0.2) is 328 Å². The van der Waals surface area contributed by atoms with Crippen LogP contribution in [0.15, 0.2) is 60.8 Å². The summed E-state index contributed by atoms with van der Waals surface area (Å²) < 4.78 is 41.2. The van der Waals surface area contributed by atoms with Gasteiger partial charge >= 0.3 is 17.9 Å². The number of carboxylic acids is 3. The third-order valence-electron chi connectivity index (χ3n) is 20.8.